The van der Waals surface area contributed by atoms with Crippen molar-refractivity contribution in [2.75, 3.05) is 44.8 Å². The van der Waals surface area contributed by atoms with Crippen LogP contribution in [-0.2, 0) is 11.3 Å². The lowest BCUT2D eigenvalue weighted by molar-refractivity contribution is 0.0906. The van der Waals surface area contributed by atoms with Gasteiger partial charge in [0.2, 0.25) is 0 Å². The fourth-order valence-corrected chi connectivity index (χ4v) is 4.82. The molecule has 0 saturated carbocycles. The summed E-state index contributed by atoms with van der Waals surface area (Å²) >= 11 is 0. The molecule has 0 spiro atoms. The van der Waals surface area contributed by atoms with E-state index >= 15 is 0 Å². The lowest BCUT2D eigenvalue weighted by atomic mass is 10.0. The highest BCUT2D eigenvalue weighted by Crippen LogP contribution is 2.30. The average molecular weight is 449 g/mol. The van der Waals surface area contributed by atoms with Gasteiger partial charge in [0.25, 0.3) is 0 Å². The van der Waals surface area contributed by atoms with Crippen molar-refractivity contribution >= 4 is 5.69 Å². The lowest BCUT2D eigenvalue weighted by Gasteiger charge is -2.40. The molecule has 174 valence electrons. The van der Waals surface area contributed by atoms with Gasteiger partial charge in [0.1, 0.15) is 5.75 Å². The lowest BCUT2D eigenvalue weighted by Crippen LogP contribution is -2.48. The molecule has 3 aromatic rings. The summed E-state index contributed by atoms with van der Waals surface area (Å²) in [5.74, 6) is 1.78. The quantitative estimate of drug-likeness (QED) is 0.550. The Hall–Kier alpha value is -2.97. The van der Waals surface area contributed by atoms with Crippen LogP contribution in [0.2, 0.25) is 0 Å². The molecule has 2 atom stereocenters. The van der Waals surface area contributed by atoms with Crippen LogP contribution in [-0.4, -0.2) is 71.1 Å². The van der Waals surface area contributed by atoms with Crippen LogP contribution in [0.4, 0.5) is 5.69 Å². The van der Waals surface area contributed by atoms with Crippen LogP contribution in [0.1, 0.15) is 35.8 Å². The van der Waals surface area contributed by atoms with Gasteiger partial charge in [0.15, 0.2) is 5.82 Å². The van der Waals surface area contributed by atoms with Crippen LogP contribution in [0, 0.1) is 6.92 Å². The first-order valence-corrected chi connectivity index (χ1v) is 11.8. The fraction of sp³-hybridized carbons (Fsp3) is 0.480. The van der Waals surface area contributed by atoms with E-state index in [1.54, 1.807) is 7.11 Å². The molecule has 33 heavy (non-hydrogen) atoms. The molecule has 2 aliphatic heterocycles. The number of piperazine rings is 1. The highest BCUT2D eigenvalue weighted by atomic mass is 16.5. The van der Waals surface area contributed by atoms with Crippen LogP contribution < -0.4 is 9.64 Å². The number of methoxy groups -OCH3 is 1. The van der Waals surface area contributed by atoms with Gasteiger partial charge in [-0.25, -0.2) is 4.68 Å². The molecule has 1 aromatic heterocycles. The van der Waals surface area contributed by atoms with E-state index in [1.807, 2.05) is 16.8 Å². The van der Waals surface area contributed by atoms with E-state index in [4.69, 9.17) is 9.47 Å². The fourth-order valence-electron chi connectivity index (χ4n) is 4.82. The summed E-state index contributed by atoms with van der Waals surface area (Å²) < 4.78 is 13.1. The van der Waals surface area contributed by atoms with Gasteiger partial charge in [-0.1, -0.05) is 29.8 Å². The molecular formula is C25H32N6O2. The molecule has 0 amide bonds. The molecule has 5 rings (SSSR count). The summed E-state index contributed by atoms with van der Waals surface area (Å²) in [7, 11) is 1.70. The molecule has 0 N–H and O–H groups in total. The predicted octanol–water partition coefficient (Wildman–Crippen LogP) is 3.08. The van der Waals surface area contributed by atoms with Gasteiger partial charge < -0.3 is 14.4 Å². The second kappa shape index (κ2) is 9.89. The number of aryl methyl sites for hydroxylation is 1. The third-order valence-electron chi connectivity index (χ3n) is 6.71. The number of ether oxygens (including phenoxy) is 2. The van der Waals surface area contributed by atoms with Crippen molar-refractivity contribution in [3.8, 4) is 5.75 Å². The van der Waals surface area contributed by atoms with E-state index in [9.17, 15) is 0 Å². The van der Waals surface area contributed by atoms with E-state index < -0.39 is 0 Å². The minimum atomic E-state index is 0.0139. The molecule has 2 aromatic carbocycles. The monoisotopic (exact) mass is 448 g/mol. The Bertz CT molecular complexity index is 1020. The molecule has 2 saturated heterocycles. The number of hydrogen-bond donors (Lipinski definition) is 0. The second-order valence-electron chi connectivity index (χ2n) is 8.89. The van der Waals surface area contributed by atoms with Crippen LogP contribution in [0.15, 0.2) is 48.5 Å². The standard InChI is InChI=1S/C25H32N6O2/c1-19-5-7-20(8-6-19)24(25-26-27-28-31(25)18-23-4-3-17-33-23)30-15-13-29(14-16-30)21-9-11-22(32-2)12-10-21/h5-12,23-24H,3-4,13-18H2,1-2H3/t23-,24-/m1/s1. The molecule has 2 fully saturated rings. The van der Waals surface area contributed by atoms with Crippen molar-refractivity contribution < 1.29 is 9.47 Å². The zero-order valence-electron chi connectivity index (χ0n) is 19.4. The zero-order valence-corrected chi connectivity index (χ0v) is 19.4. The van der Waals surface area contributed by atoms with Gasteiger partial charge in [-0.2, -0.15) is 0 Å². The predicted molar refractivity (Wildman–Crippen MR) is 127 cm³/mol. The van der Waals surface area contributed by atoms with E-state index in [-0.39, 0.29) is 12.1 Å². The third-order valence-corrected chi connectivity index (χ3v) is 6.71. The van der Waals surface area contributed by atoms with Gasteiger partial charge in [-0.15, -0.1) is 5.10 Å². The van der Waals surface area contributed by atoms with Crippen molar-refractivity contribution in [3.05, 3.63) is 65.5 Å². The van der Waals surface area contributed by atoms with Gasteiger partial charge >= 0.3 is 0 Å². The number of tetrazole rings is 1. The number of aromatic nitrogens is 4. The van der Waals surface area contributed by atoms with Crippen LogP contribution in [0.25, 0.3) is 0 Å². The number of benzene rings is 2. The molecule has 3 heterocycles. The second-order valence-corrected chi connectivity index (χ2v) is 8.89. The molecule has 0 aliphatic carbocycles. The van der Waals surface area contributed by atoms with Gasteiger partial charge in [0, 0.05) is 38.5 Å². The summed E-state index contributed by atoms with van der Waals surface area (Å²) in [6, 6.07) is 17.1. The van der Waals surface area contributed by atoms with Crippen molar-refractivity contribution in [1.82, 2.24) is 25.1 Å². The van der Waals surface area contributed by atoms with Crippen molar-refractivity contribution in [3.63, 3.8) is 0 Å². The van der Waals surface area contributed by atoms with Crippen molar-refractivity contribution in [2.45, 2.75) is 38.5 Å². The topological polar surface area (TPSA) is 68.5 Å². The van der Waals surface area contributed by atoms with Crippen LogP contribution in [0.5, 0.6) is 5.75 Å². The Morgan fingerprint density at radius 1 is 1.03 bits per heavy atom. The molecule has 2 aliphatic rings. The highest BCUT2D eigenvalue weighted by molar-refractivity contribution is 5.49. The zero-order chi connectivity index (χ0) is 22.6. The van der Waals surface area contributed by atoms with E-state index in [1.165, 1.54) is 16.8 Å². The summed E-state index contributed by atoms with van der Waals surface area (Å²) in [5, 5.41) is 12.9. The maximum atomic E-state index is 5.86. The Balaban J connectivity index is 1.37. The molecule has 8 nitrogen and oxygen atoms in total. The summed E-state index contributed by atoms with van der Waals surface area (Å²) in [4.78, 5) is 4.93. The number of anilines is 1. The molecular weight excluding hydrogens is 416 g/mol. The smallest absolute Gasteiger partial charge is 0.173 e. The number of nitrogens with zero attached hydrogens (tertiary/aromatic N) is 6. The Labute approximate surface area is 195 Å². The van der Waals surface area contributed by atoms with E-state index in [0.29, 0.717) is 6.54 Å². The number of hydrogen-bond acceptors (Lipinski definition) is 7. The van der Waals surface area contributed by atoms with E-state index in [2.05, 4.69) is 68.6 Å². The first-order chi connectivity index (χ1) is 16.2. The Kier molecular flexibility index (Phi) is 6.55. The Morgan fingerprint density at radius 2 is 1.79 bits per heavy atom. The van der Waals surface area contributed by atoms with Gasteiger partial charge in [-0.05, 0) is 60.0 Å². The number of rotatable bonds is 7. The minimum absolute atomic E-state index is 0.0139. The third kappa shape index (κ3) is 4.86. The summed E-state index contributed by atoms with van der Waals surface area (Å²) in [6.45, 7) is 7.40. The maximum absolute atomic E-state index is 5.86. The van der Waals surface area contributed by atoms with Gasteiger partial charge in [0.05, 0.1) is 25.8 Å². The summed E-state index contributed by atoms with van der Waals surface area (Å²) in [5.41, 5.74) is 3.70. The largest absolute Gasteiger partial charge is 0.497 e. The molecule has 0 radical (unpaired) electrons. The molecule has 0 unspecified atom stereocenters. The normalized spacial score (nSPS) is 20.2. The van der Waals surface area contributed by atoms with Crippen LogP contribution in [0.3, 0.4) is 0 Å². The first kappa shape index (κ1) is 21.9. The first-order valence-electron chi connectivity index (χ1n) is 11.8. The average Bonchev–Trinajstić information content (AvgIpc) is 3.54. The summed E-state index contributed by atoms with van der Waals surface area (Å²) in [6.07, 6.45) is 2.36. The van der Waals surface area contributed by atoms with Crippen LogP contribution >= 0.6 is 0 Å². The Morgan fingerprint density at radius 3 is 2.45 bits per heavy atom. The molecule has 0 bridgehead atoms. The van der Waals surface area contributed by atoms with Crippen molar-refractivity contribution in [2.24, 2.45) is 0 Å². The minimum Gasteiger partial charge on any atom is -0.497 e. The van der Waals surface area contributed by atoms with E-state index in [0.717, 1.165) is 57.2 Å². The van der Waals surface area contributed by atoms with Crippen molar-refractivity contribution in [1.29, 1.82) is 0 Å². The maximum Gasteiger partial charge on any atom is 0.173 e. The highest BCUT2D eigenvalue weighted by Gasteiger charge is 2.31. The SMILES string of the molecule is COc1ccc(N2CCN([C@H](c3ccc(C)cc3)c3nnnn3C[C@H]3CCCO3)CC2)cc1. The molecule has 8 heteroatoms. The van der Waals surface area contributed by atoms with Gasteiger partial charge in [-0.3, -0.25) is 4.90 Å².